The van der Waals surface area contributed by atoms with E-state index in [0.717, 1.165) is 33.6 Å². The lowest BCUT2D eigenvalue weighted by Gasteiger charge is -2.43. The molecule has 0 aromatic heterocycles. The summed E-state index contributed by atoms with van der Waals surface area (Å²) in [6.07, 6.45) is 2.61. The maximum absolute atomic E-state index is 12.9. The number of fused-ring (bicyclic) bond motifs is 1. The highest BCUT2D eigenvalue weighted by atomic mass is 28.4. The van der Waals surface area contributed by atoms with Crippen molar-refractivity contribution < 1.29 is 14.0 Å². The van der Waals surface area contributed by atoms with Gasteiger partial charge in [-0.25, -0.2) is 4.79 Å². The van der Waals surface area contributed by atoms with Crippen molar-refractivity contribution in [2.75, 3.05) is 7.11 Å². The maximum atomic E-state index is 12.9. The molecule has 0 aliphatic carbocycles. The topological polar surface area (TPSA) is 47.9 Å². The Balaban J connectivity index is 2.02. The largest absolute Gasteiger partial charge is 0.533 e. The summed E-state index contributed by atoms with van der Waals surface area (Å²) in [4.78, 5) is 17.4. The molecule has 5 heteroatoms. The molecule has 1 heterocycles. The average molecular weight is 444 g/mol. The van der Waals surface area contributed by atoms with E-state index in [4.69, 9.17) is 9.16 Å². The van der Waals surface area contributed by atoms with Crippen LogP contribution in [-0.4, -0.2) is 27.6 Å². The van der Waals surface area contributed by atoms with Crippen molar-refractivity contribution in [3.63, 3.8) is 0 Å². The number of benzene rings is 3. The first-order valence-electron chi connectivity index (χ1n) is 10.9. The van der Waals surface area contributed by atoms with Gasteiger partial charge in [-0.05, 0) is 39.5 Å². The number of rotatable bonds is 5. The number of carbonyl (C=O) groups excluding carboxylic acids is 1. The van der Waals surface area contributed by atoms with Crippen molar-refractivity contribution in [3.8, 4) is 5.75 Å². The van der Waals surface area contributed by atoms with Gasteiger partial charge in [0.15, 0.2) is 0 Å². The molecule has 0 radical (unpaired) electrons. The fourth-order valence-electron chi connectivity index (χ4n) is 4.66. The minimum Gasteiger partial charge on any atom is -0.533 e. The van der Waals surface area contributed by atoms with Crippen molar-refractivity contribution in [1.29, 1.82) is 0 Å². The molecule has 0 atom stereocenters. The Morgan fingerprint density at radius 3 is 2.03 bits per heavy atom. The number of hydrogen-bond donors (Lipinski definition) is 0. The van der Waals surface area contributed by atoms with Crippen LogP contribution in [0.25, 0.3) is 0 Å². The molecule has 3 aromatic carbocycles. The highest BCUT2D eigenvalue weighted by Crippen LogP contribution is 2.42. The molecule has 0 amide bonds. The van der Waals surface area contributed by atoms with E-state index in [0.29, 0.717) is 11.3 Å². The SMILES string of the molecule is COC(=O)c1c(O[Si](c2ccccc2)(c2ccccc2)C(C)(C)C)cc2c(c1C)N=CC2. The van der Waals surface area contributed by atoms with Crippen LogP contribution in [0.4, 0.5) is 5.69 Å². The maximum Gasteiger partial charge on any atom is 0.341 e. The van der Waals surface area contributed by atoms with Crippen LogP contribution in [0.1, 0.15) is 42.3 Å². The predicted octanol–water partition coefficient (Wildman–Crippen LogP) is 4.98. The number of methoxy groups -OCH3 is 1. The lowest BCUT2D eigenvalue weighted by Crippen LogP contribution is -2.69. The van der Waals surface area contributed by atoms with Gasteiger partial charge < -0.3 is 9.16 Å². The van der Waals surface area contributed by atoms with E-state index >= 15 is 0 Å². The van der Waals surface area contributed by atoms with Gasteiger partial charge >= 0.3 is 14.3 Å². The molecule has 1 aliphatic rings. The Kier molecular flexibility index (Phi) is 5.78. The smallest absolute Gasteiger partial charge is 0.341 e. The van der Waals surface area contributed by atoms with Crippen LogP contribution in [0.3, 0.4) is 0 Å². The summed E-state index contributed by atoms with van der Waals surface area (Å²) in [5.41, 5.74) is 3.18. The summed E-state index contributed by atoms with van der Waals surface area (Å²) < 4.78 is 12.4. The predicted molar refractivity (Wildman–Crippen MR) is 133 cm³/mol. The number of carbonyl (C=O) groups is 1. The summed E-state index contributed by atoms with van der Waals surface area (Å²) in [5, 5.41) is 2.10. The summed E-state index contributed by atoms with van der Waals surface area (Å²) in [6.45, 7) is 8.59. The van der Waals surface area contributed by atoms with Crippen molar-refractivity contribution in [1.82, 2.24) is 0 Å². The summed E-state index contributed by atoms with van der Waals surface area (Å²) in [5.74, 6) is 0.174. The monoisotopic (exact) mass is 443 g/mol. The van der Waals surface area contributed by atoms with Crippen LogP contribution < -0.4 is 14.8 Å². The Labute approximate surface area is 191 Å². The van der Waals surface area contributed by atoms with E-state index in [9.17, 15) is 4.79 Å². The normalized spacial score (nSPS) is 13.0. The van der Waals surface area contributed by atoms with Crippen LogP contribution in [-0.2, 0) is 11.2 Å². The first kappa shape index (κ1) is 22.0. The van der Waals surface area contributed by atoms with Crippen LogP contribution in [0.5, 0.6) is 5.75 Å². The minimum atomic E-state index is -2.88. The zero-order valence-corrected chi connectivity index (χ0v) is 20.3. The number of esters is 1. The summed E-state index contributed by atoms with van der Waals surface area (Å²) in [6, 6.07) is 22.8. The van der Waals surface area contributed by atoms with Gasteiger partial charge in [-0.15, -0.1) is 0 Å². The van der Waals surface area contributed by atoms with Crippen LogP contribution in [0, 0.1) is 6.92 Å². The van der Waals surface area contributed by atoms with Crippen LogP contribution in [0.2, 0.25) is 5.04 Å². The number of hydrogen-bond acceptors (Lipinski definition) is 4. The molecule has 0 saturated carbocycles. The Bertz CT molecular complexity index is 1130. The first-order chi connectivity index (χ1) is 15.3. The van der Waals surface area contributed by atoms with Gasteiger partial charge in [-0.2, -0.15) is 0 Å². The summed E-state index contributed by atoms with van der Waals surface area (Å²) in [7, 11) is -1.48. The molecule has 0 bridgehead atoms. The highest BCUT2D eigenvalue weighted by Gasteiger charge is 2.52. The average Bonchev–Trinajstić information content (AvgIpc) is 3.26. The molecular weight excluding hydrogens is 414 g/mol. The van der Waals surface area contributed by atoms with Crippen molar-refractivity contribution in [2.45, 2.75) is 39.2 Å². The third-order valence-electron chi connectivity index (χ3n) is 6.19. The molecule has 0 fully saturated rings. The molecule has 0 saturated heterocycles. The van der Waals surface area contributed by atoms with E-state index in [1.807, 2.05) is 31.3 Å². The molecule has 3 aromatic rings. The highest BCUT2D eigenvalue weighted by molar-refractivity contribution is 7.00. The van der Waals surface area contributed by atoms with Crippen molar-refractivity contribution >= 4 is 36.6 Å². The van der Waals surface area contributed by atoms with E-state index in [1.54, 1.807) is 0 Å². The van der Waals surface area contributed by atoms with Crippen LogP contribution in [0.15, 0.2) is 71.7 Å². The lowest BCUT2D eigenvalue weighted by molar-refractivity contribution is 0.0597. The van der Waals surface area contributed by atoms with Crippen molar-refractivity contribution in [3.05, 3.63) is 83.4 Å². The molecule has 164 valence electrons. The van der Waals surface area contributed by atoms with Gasteiger partial charge in [0.25, 0.3) is 0 Å². The fourth-order valence-corrected chi connectivity index (χ4v) is 9.09. The number of ether oxygens (including phenoxy) is 1. The second-order valence-electron chi connectivity index (χ2n) is 9.16. The van der Waals surface area contributed by atoms with Gasteiger partial charge in [0.1, 0.15) is 11.3 Å². The zero-order valence-electron chi connectivity index (χ0n) is 19.3. The van der Waals surface area contributed by atoms with E-state index in [-0.39, 0.29) is 5.04 Å². The van der Waals surface area contributed by atoms with Gasteiger partial charge in [-0.3, -0.25) is 4.99 Å². The standard InChI is InChI=1S/C27H29NO3Si/c1-19-24(26(29)30-5)23(18-20-16-17-28-25(19)20)31-32(27(2,3)4,21-12-8-6-9-13-21)22-14-10-7-11-15-22/h6-15,17-18H,16H2,1-5H3. The van der Waals surface area contributed by atoms with Gasteiger partial charge in [-0.1, -0.05) is 81.4 Å². The minimum absolute atomic E-state index is 0.216. The first-order valence-corrected chi connectivity index (χ1v) is 12.8. The number of aliphatic imine (C=N–C) groups is 1. The van der Waals surface area contributed by atoms with Gasteiger partial charge in [0.05, 0.1) is 12.8 Å². The molecule has 32 heavy (non-hydrogen) atoms. The van der Waals surface area contributed by atoms with Crippen molar-refractivity contribution in [2.24, 2.45) is 4.99 Å². The fraction of sp³-hybridized carbons (Fsp3) is 0.259. The van der Waals surface area contributed by atoms with Gasteiger partial charge in [0, 0.05) is 12.6 Å². The molecule has 0 unspecified atom stereocenters. The zero-order chi connectivity index (χ0) is 22.9. The Hall–Kier alpha value is -3.18. The second-order valence-corrected chi connectivity index (χ2v) is 13.4. The third-order valence-corrected chi connectivity index (χ3v) is 11.1. The number of nitrogens with zero attached hydrogens (tertiary/aromatic N) is 1. The molecule has 4 nitrogen and oxygen atoms in total. The Morgan fingerprint density at radius 2 is 1.53 bits per heavy atom. The molecular formula is C27H29NO3Si. The van der Waals surface area contributed by atoms with E-state index in [2.05, 4.69) is 74.3 Å². The van der Waals surface area contributed by atoms with Crippen LogP contribution >= 0.6 is 0 Å². The molecule has 0 N–H and O–H groups in total. The van der Waals surface area contributed by atoms with E-state index < -0.39 is 14.3 Å². The van der Waals surface area contributed by atoms with E-state index in [1.165, 1.54) is 7.11 Å². The second kappa shape index (κ2) is 8.39. The molecule has 1 aliphatic heterocycles. The van der Waals surface area contributed by atoms with Gasteiger partial charge in [0.2, 0.25) is 0 Å². The lowest BCUT2D eigenvalue weighted by atomic mass is 10.0. The molecule has 0 spiro atoms. The molecule has 4 rings (SSSR count). The quantitative estimate of drug-likeness (QED) is 0.413. The summed E-state index contributed by atoms with van der Waals surface area (Å²) >= 11 is 0. The Morgan fingerprint density at radius 1 is 0.969 bits per heavy atom. The third kappa shape index (κ3) is 3.56.